The number of nitrogens with zero attached hydrogens (tertiary/aromatic N) is 4. The molecule has 2 aromatic carbocycles. The first kappa shape index (κ1) is 27.7. The van der Waals surface area contributed by atoms with Crippen molar-refractivity contribution < 1.29 is 23.9 Å². The van der Waals surface area contributed by atoms with Crippen molar-refractivity contribution in [2.45, 2.75) is 69.7 Å². The molecule has 0 aromatic heterocycles. The maximum Gasteiger partial charge on any atom is 0.350 e. The third-order valence-corrected chi connectivity index (χ3v) is 9.82. The van der Waals surface area contributed by atoms with E-state index in [0.717, 1.165) is 12.8 Å². The highest BCUT2D eigenvalue weighted by Gasteiger charge is 2.57. The van der Waals surface area contributed by atoms with Crippen LogP contribution < -0.4 is 4.90 Å². The van der Waals surface area contributed by atoms with Gasteiger partial charge in [0.05, 0.1) is 23.5 Å². The Balaban J connectivity index is 1.45. The highest BCUT2D eigenvalue weighted by Crippen LogP contribution is 2.52. The molecule has 0 spiro atoms. The molecule has 3 fully saturated rings. The first-order valence-corrected chi connectivity index (χ1v) is 15.8. The second-order valence-corrected chi connectivity index (χ2v) is 12.7. The summed E-state index contributed by atoms with van der Waals surface area (Å²) in [6, 6.07) is 16.5. The number of hydrogen-bond donors (Lipinski definition) is 2. The van der Waals surface area contributed by atoms with Gasteiger partial charge in [-0.25, -0.2) is 9.59 Å². The molecule has 2 N–H and O–H groups in total. The molecule has 4 amide bonds. The van der Waals surface area contributed by atoms with Gasteiger partial charge in [0.2, 0.25) is 0 Å². The lowest BCUT2D eigenvalue weighted by Gasteiger charge is -2.48. The summed E-state index contributed by atoms with van der Waals surface area (Å²) in [6.07, 6.45) is 6.88. The summed E-state index contributed by atoms with van der Waals surface area (Å²) in [5, 5.41) is 0. The van der Waals surface area contributed by atoms with E-state index in [2.05, 4.69) is 0 Å². The number of urea groups is 2. The van der Waals surface area contributed by atoms with Crippen molar-refractivity contribution in [2.75, 3.05) is 24.5 Å². The van der Waals surface area contributed by atoms with Crippen molar-refractivity contribution in [1.82, 2.24) is 14.7 Å². The third kappa shape index (κ3) is 5.72. The molecule has 0 radical (unpaired) electrons. The van der Waals surface area contributed by atoms with Crippen LogP contribution >= 0.6 is 7.60 Å². The van der Waals surface area contributed by atoms with Crippen LogP contribution in [0.2, 0.25) is 0 Å². The summed E-state index contributed by atoms with van der Waals surface area (Å²) in [7, 11) is -4.80. The highest BCUT2D eigenvalue weighted by molar-refractivity contribution is 7.52. The number of rotatable bonds is 6. The number of benzene rings is 2. The first-order valence-electron chi connectivity index (χ1n) is 14.1. The number of fused-ring (bicyclic) bond motifs is 2. The molecule has 2 saturated heterocycles. The van der Waals surface area contributed by atoms with Gasteiger partial charge in [-0.3, -0.25) is 9.46 Å². The normalized spacial score (nSPS) is 23.5. The first-order chi connectivity index (χ1) is 18.8. The van der Waals surface area contributed by atoms with E-state index in [0.29, 0.717) is 43.2 Å². The predicted molar refractivity (Wildman–Crippen MR) is 151 cm³/mol. The molecule has 1 aliphatic carbocycles. The van der Waals surface area contributed by atoms with Crippen molar-refractivity contribution in [2.24, 2.45) is 5.92 Å². The van der Waals surface area contributed by atoms with Crippen LogP contribution in [-0.4, -0.2) is 74.0 Å². The van der Waals surface area contributed by atoms with Crippen molar-refractivity contribution in [3.8, 4) is 0 Å². The molecule has 9 nitrogen and oxygen atoms in total. The molecule has 39 heavy (non-hydrogen) atoms. The maximum atomic E-state index is 14.2. The van der Waals surface area contributed by atoms with E-state index in [1.54, 1.807) is 29.2 Å². The lowest BCUT2D eigenvalue weighted by Crippen LogP contribution is -2.65. The van der Waals surface area contributed by atoms with Crippen molar-refractivity contribution in [1.29, 1.82) is 0 Å². The summed E-state index contributed by atoms with van der Waals surface area (Å²) in [5.74, 6) is -0.943. The number of para-hydroxylation sites is 2. The monoisotopic (exact) mass is 554 g/mol. The van der Waals surface area contributed by atoms with E-state index in [1.807, 2.05) is 48.2 Å². The Hall–Kier alpha value is -2.87. The number of hydrogen-bond acceptors (Lipinski definition) is 3. The number of anilines is 2. The molecule has 2 aromatic rings. The highest BCUT2D eigenvalue weighted by atomic mass is 31.2. The van der Waals surface area contributed by atoms with Gasteiger partial charge in [0.1, 0.15) is 0 Å². The van der Waals surface area contributed by atoms with Gasteiger partial charge in [0.15, 0.2) is 5.78 Å². The van der Waals surface area contributed by atoms with Crippen LogP contribution in [0.15, 0.2) is 60.7 Å². The smallest absolute Gasteiger partial charge is 0.325 e. The molecular weight excluding hydrogens is 515 g/mol. The van der Waals surface area contributed by atoms with Gasteiger partial charge >= 0.3 is 19.7 Å². The quantitative estimate of drug-likeness (QED) is 0.451. The second kappa shape index (κ2) is 11.7. The number of piperazine rings is 1. The average Bonchev–Trinajstić information content (AvgIpc) is 3.24. The summed E-state index contributed by atoms with van der Waals surface area (Å²) in [5.41, 5.74) is 1.21. The summed E-state index contributed by atoms with van der Waals surface area (Å²) >= 11 is 0. The molecule has 2 aliphatic heterocycles. The van der Waals surface area contributed by atoms with Crippen LogP contribution in [-0.2, 0) is 4.57 Å². The van der Waals surface area contributed by atoms with Crippen LogP contribution in [0.1, 0.15) is 51.9 Å². The van der Waals surface area contributed by atoms with Crippen LogP contribution in [0.25, 0.3) is 0 Å². The molecule has 1 saturated carbocycles. The zero-order valence-corrected chi connectivity index (χ0v) is 23.4. The van der Waals surface area contributed by atoms with Gasteiger partial charge in [-0.2, -0.15) is 0 Å². The van der Waals surface area contributed by atoms with E-state index in [1.165, 1.54) is 29.1 Å². The Morgan fingerprint density at radius 1 is 0.872 bits per heavy atom. The zero-order chi connectivity index (χ0) is 27.6. The number of carbonyl (C=O) groups excluding carboxylic acids is 2. The van der Waals surface area contributed by atoms with E-state index in [4.69, 9.17) is 0 Å². The lowest BCUT2D eigenvalue weighted by molar-refractivity contribution is 0.0602. The molecule has 210 valence electrons. The Morgan fingerprint density at radius 3 is 2.00 bits per heavy atom. The number of amides is 4. The summed E-state index contributed by atoms with van der Waals surface area (Å²) in [6.45, 7) is 3.25. The molecule has 5 rings (SSSR count). The Labute approximate surface area is 230 Å². The SMILES string of the molecule is CCN(CC1CCCCC1)C(=O)N1[C@H]2CC[C@@H]1[C@@H](P(=O)(O)O)N(C(=O)N(c1ccccc1)c1ccccc1)C2. The van der Waals surface area contributed by atoms with Gasteiger partial charge in [0.25, 0.3) is 0 Å². The molecule has 2 heterocycles. The largest absolute Gasteiger partial charge is 0.350 e. The minimum Gasteiger partial charge on any atom is -0.325 e. The van der Waals surface area contributed by atoms with Crippen LogP contribution in [0, 0.1) is 5.92 Å². The van der Waals surface area contributed by atoms with Crippen molar-refractivity contribution in [3.63, 3.8) is 0 Å². The van der Waals surface area contributed by atoms with E-state index >= 15 is 0 Å². The molecule has 10 heteroatoms. The summed E-state index contributed by atoms with van der Waals surface area (Å²) in [4.78, 5) is 55.6. The van der Waals surface area contributed by atoms with E-state index in [9.17, 15) is 23.9 Å². The minimum atomic E-state index is -4.80. The van der Waals surface area contributed by atoms with Gasteiger partial charge < -0.3 is 24.5 Å². The second-order valence-electron chi connectivity index (χ2n) is 11.0. The molecule has 2 bridgehead atoms. The minimum absolute atomic E-state index is 0.0774. The fourth-order valence-corrected chi connectivity index (χ4v) is 7.96. The Morgan fingerprint density at radius 2 is 1.46 bits per heavy atom. The topological polar surface area (TPSA) is 105 Å². The Kier molecular flexibility index (Phi) is 8.31. The average molecular weight is 555 g/mol. The van der Waals surface area contributed by atoms with E-state index < -0.39 is 25.5 Å². The molecule has 3 aliphatic rings. The maximum absolute atomic E-state index is 14.2. The van der Waals surface area contributed by atoms with Crippen LogP contribution in [0.5, 0.6) is 0 Å². The predicted octanol–water partition coefficient (Wildman–Crippen LogP) is 5.62. The molecular formula is C29H39N4O5P. The lowest BCUT2D eigenvalue weighted by atomic mass is 9.89. The third-order valence-electron chi connectivity index (χ3n) is 8.50. The van der Waals surface area contributed by atoms with Crippen LogP contribution in [0.4, 0.5) is 21.0 Å². The van der Waals surface area contributed by atoms with Gasteiger partial charge in [-0.15, -0.1) is 0 Å². The van der Waals surface area contributed by atoms with Crippen molar-refractivity contribution >= 4 is 31.0 Å². The molecule has 3 atom stereocenters. The number of carbonyl (C=O) groups is 2. The Bertz CT molecular complexity index is 1150. The number of likely N-dealkylation sites (tertiary alicyclic amines) is 1. The van der Waals surface area contributed by atoms with Gasteiger partial charge in [-0.1, -0.05) is 55.7 Å². The van der Waals surface area contributed by atoms with Gasteiger partial charge in [-0.05, 0) is 62.8 Å². The van der Waals surface area contributed by atoms with Crippen molar-refractivity contribution in [3.05, 3.63) is 60.7 Å². The van der Waals surface area contributed by atoms with Crippen LogP contribution in [0.3, 0.4) is 0 Å². The van der Waals surface area contributed by atoms with Gasteiger partial charge in [0, 0.05) is 19.6 Å². The van der Waals surface area contributed by atoms with E-state index in [-0.39, 0.29) is 18.6 Å². The zero-order valence-electron chi connectivity index (χ0n) is 22.5. The molecule has 0 unspecified atom stereocenters. The standard InChI is InChI=1S/C29H39N4O5P/c1-2-30(20-22-12-6-3-7-13-22)28(34)33-25-18-19-26(33)27(39(36,37)38)31(21-25)29(35)32(23-14-8-4-9-15-23)24-16-10-5-11-17-24/h4-5,8-11,14-17,22,25-27H,2-3,6-7,12-13,18-21H2,1H3,(H2,36,37,38)/t25-,26+,27+/m0/s1. The fraction of sp³-hybridized carbons (Fsp3) is 0.517. The summed E-state index contributed by atoms with van der Waals surface area (Å²) < 4.78 is 13.0. The fourth-order valence-electron chi connectivity index (χ4n) is 6.66.